The second kappa shape index (κ2) is 7.62. The molecule has 3 aromatic carbocycles. The van der Waals surface area contributed by atoms with E-state index in [1.807, 2.05) is 78.9 Å². The third-order valence-corrected chi connectivity index (χ3v) is 9.90. The number of likely N-dealkylation sites (tertiary alicyclic amines) is 1. The minimum atomic E-state index is -0.865. The van der Waals surface area contributed by atoms with Gasteiger partial charge in [-0.05, 0) is 27.8 Å². The van der Waals surface area contributed by atoms with E-state index in [2.05, 4.69) is 31.9 Å². The van der Waals surface area contributed by atoms with Gasteiger partial charge in [-0.1, -0.05) is 111 Å². The summed E-state index contributed by atoms with van der Waals surface area (Å²) in [4.78, 5) is 41.3. The van der Waals surface area contributed by atoms with Crippen LogP contribution in [-0.2, 0) is 34.4 Å². The average molecular weight is 581 g/mol. The van der Waals surface area contributed by atoms with Crippen molar-refractivity contribution in [3.63, 3.8) is 0 Å². The van der Waals surface area contributed by atoms with Gasteiger partial charge in [0, 0.05) is 0 Å². The summed E-state index contributed by atoms with van der Waals surface area (Å²) < 4.78 is 3.64. The summed E-state index contributed by atoms with van der Waals surface area (Å²) in [6.45, 7) is -0.319. The maximum absolute atomic E-state index is 13.8. The van der Waals surface area contributed by atoms with Gasteiger partial charge in [-0.2, -0.15) is 0 Å². The van der Waals surface area contributed by atoms with Gasteiger partial charge >= 0.3 is 5.97 Å². The normalized spacial score (nSPS) is 28.4. The van der Waals surface area contributed by atoms with Gasteiger partial charge < -0.3 is 4.74 Å². The molecule has 0 spiro atoms. The molecule has 5 nitrogen and oxygen atoms in total. The van der Waals surface area contributed by atoms with Gasteiger partial charge in [0.25, 0.3) is 0 Å². The second-order valence-electron chi connectivity index (χ2n) is 8.88. The van der Waals surface area contributed by atoms with Crippen molar-refractivity contribution in [2.75, 3.05) is 6.54 Å². The fraction of sp³-hybridized carbons (Fsp3) is 0.222. The van der Waals surface area contributed by atoms with E-state index in [0.717, 1.165) is 32.7 Å². The highest BCUT2D eigenvalue weighted by molar-refractivity contribution is 9.10. The van der Waals surface area contributed by atoms with E-state index in [9.17, 15) is 14.4 Å². The fourth-order valence-electron chi connectivity index (χ4n) is 5.79. The van der Waals surface area contributed by atoms with Crippen LogP contribution in [0.2, 0.25) is 0 Å². The monoisotopic (exact) mass is 579 g/mol. The molecular weight excluding hydrogens is 562 g/mol. The first-order valence-electron chi connectivity index (χ1n) is 11.0. The molecule has 1 heterocycles. The lowest BCUT2D eigenvalue weighted by Crippen LogP contribution is -2.56. The smallest absolute Gasteiger partial charge is 0.326 e. The van der Waals surface area contributed by atoms with Crippen molar-refractivity contribution in [2.45, 2.75) is 15.3 Å². The van der Waals surface area contributed by atoms with Crippen LogP contribution >= 0.6 is 31.9 Å². The van der Waals surface area contributed by atoms with Crippen molar-refractivity contribution < 1.29 is 19.1 Å². The molecule has 34 heavy (non-hydrogen) atoms. The Hall–Kier alpha value is -2.77. The average Bonchev–Trinajstić information content (AvgIpc) is 3.12. The molecule has 0 aromatic heterocycles. The van der Waals surface area contributed by atoms with E-state index in [-0.39, 0.29) is 18.4 Å². The molecule has 0 N–H and O–H groups in total. The van der Waals surface area contributed by atoms with Crippen molar-refractivity contribution >= 4 is 49.6 Å². The van der Waals surface area contributed by atoms with Crippen LogP contribution in [0, 0.1) is 11.8 Å². The van der Waals surface area contributed by atoms with Gasteiger partial charge in [0.1, 0.15) is 13.2 Å². The molecule has 3 aliphatic carbocycles. The van der Waals surface area contributed by atoms with Gasteiger partial charge in [-0.15, -0.1) is 0 Å². The Kier molecular flexibility index (Phi) is 4.87. The maximum Gasteiger partial charge on any atom is 0.326 e. The quantitative estimate of drug-likeness (QED) is 0.256. The number of halogens is 2. The van der Waals surface area contributed by atoms with Gasteiger partial charge in [-0.25, -0.2) is 0 Å². The Balaban J connectivity index is 1.38. The predicted octanol–water partition coefficient (Wildman–Crippen LogP) is 4.64. The van der Waals surface area contributed by atoms with Crippen LogP contribution in [0.5, 0.6) is 0 Å². The second-order valence-corrected chi connectivity index (χ2v) is 11.4. The lowest BCUT2D eigenvalue weighted by molar-refractivity contribution is -0.153. The number of rotatable bonds is 4. The summed E-state index contributed by atoms with van der Waals surface area (Å²) >= 11 is 7.90. The van der Waals surface area contributed by atoms with Crippen LogP contribution < -0.4 is 0 Å². The summed E-state index contributed by atoms with van der Waals surface area (Å²) in [6.07, 6.45) is 0. The Bertz CT molecular complexity index is 1230. The van der Waals surface area contributed by atoms with E-state index in [4.69, 9.17) is 4.74 Å². The lowest BCUT2D eigenvalue weighted by atomic mass is 9.54. The molecule has 0 radical (unpaired) electrons. The zero-order valence-corrected chi connectivity index (χ0v) is 21.1. The van der Waals surface area contributed by atoms with Gasteiger partial charge in [0.15, 0.2) is 0 Å². The number of hydrogen-bond acceptors (Lipinski definition) is 4. The van der Waals surface area contributed by atoms with E-state index in [1.54, 1.807) is 0 Å². The summed E-state index contributed by atoms with van der Waals surface area (Å²) in [5, 5.41) is 0. The summed E-state index contributed by atoms with van der Waals surface area (Å²) in [7, 11) is 0. The summed E-state index contributed by atoms with van der Waals surface area (Å²) in [5.74, 6) is -2.72. The van der Waals surface area contributed by atoms with Crippen molar-refractivity contribution in [3.05, 3.63) is 107 Å². The zero-order valence-electron chi connectivity index (χ0n) is 17.9. The predicted molar refractivity (Wildman–Crippen MR) is 132 cm³/mol. The Morgan fingerprint density at radius 1 is 0.735 bits per heavy atom. The molecule has 1 saturated heterocycles. The van der Waals surface area contributed by atoms with Gasteiger partial charge in [0.2, 0.25) is 11.8 Å². The summed E-state index contributed by atoms with van der Waals surface area (Å²) in [6, 6.07) is 25.1. The fourth-order valence-corrected chi connectivity index (χ4v) is 8.10. The summed E-state index contributed by atoms with van der Waals surface area (Å²) in [5.41, 5.74) is 4.68. The number of imide groups is 1. The van der Waals surface area contributed by atoms with E-state index in [1.165, 1.54) is 0 Å². The number of benzene rings is 3. The number of amides is 2. The Labute approximate surface area is 213 Å². The zero-order chi connectivity index (χ0) is 23.7. The lowest BCUT2D eigenvalue weighted by Gasteiger charge is -2.55. The number of ether oxygens (including phenoxy) is 1. The molecule has 2 amide bonds. The largest absolute Gasteiger partial charge is 0.459 e. The van der Waals surface area contributed by atoms with Crippen molar-refractivity contribution in [1.29, 1.82) is 0 Å². The highest BCUT2D eigenvalue weighted by atomic mass is 79.9. The molecule has 0 saturated carbocycles. The third-order valence-electron chi connectivity index (χ3n) is 7.21. The van der Waals surface area contributed by atoms with Crippen LogP contribution in [0.15, 0.2) is 78.9 Å². The van der Waals surface area contributed by atoms with Crippen molar-refractivity contribution in [1.82, 2.24) is 4.90 Å². The molecule has 1 aliphatic heterocycles. The molecule has 2 bridgehead atoms. The number of alkyl halides is 2. The van der Waals surface area contributed by atoms with E-state index in [0.29, 0.717) is 0 Å². The first-order valence-corrected chi connectivity index (χ1v) is 12.6. The molecule has 7 rings (SSSR count). The third kappa shape index (κ3) is 2.74. The van der Waals surface area contributed by atoms with E-state index >= 15 is 0 Å². The van der Waals surface area contributed by atoms with Crippen molar-refractivity contribution in [2.24, 2.45) is 11.8 Å². The topological polar surface area (TPSA) is 63.7 Å². The van der Waals surface area contributed by atoms with E-state index < -0.39 is 33.0 Å². The molecule has 4 aliphatic rings. The minimum absolute atomic E-state index is 0.0877. The molecule has 170 valence electrons. The first kappa shape index (κ1) is 21.7. The number of esters is 1. The van der Waals surface area contributed by atoms with Crippen LogP contribution in [0.4, 0.5) is 0 Å². The molecule has 2 atom stereocenters. The molecule has 1 fully saturated rings. The first-order chi connectivity index (χ1) is 16.4. The number of hydrogen-bond donors (Lipinski definition) is 0. The molecule has 3 aromatic rings. The molecular formula is C27H19Br2NO4. The molecule has 7 heteroatoms. The standard InChI is InChI=1S/C27H19Br2NO4/c28-26-17-10-4-5-11-18(17)27(29,20-13-7-6-12-19(20)26)23-22(26)24(32)30(25(23)33)14-21(31)34-15-16-8-2-1-3-9-16/h1-13,22-23H,14-15H2/t22-,23-,26?,27?/m0/s1. The number of nitrogens with zero attached hydrogens (tertiary/aromatic N) is 1. The van der Waals surface area contributed by atoms with Crippen LogP contribution in [0.1, 0.15) is 27.8 Å². The van der Waals surface area contributed by atoms with Crippen LogP contribution in [-0.4, -0.2) is 29.2 Å². The van der Waals surface area contributed by atoms with Gasteiger partial charge in [-0.3, -0.25) is 19.3 Å². The number of carbonyl (C=O) groups is 3. The highest BCUT2D eigenvalue weighted by Gasteiger charge is 2.72. The van der Waals surface area contributed by atoms with Crippen LogP contribution in [0.3, 0.4) is 0 Å². The Morgan fingerprint density at radius 2 is 1.15 bits per heavy atom. The number of carbonyl (C=O) groups excluding carboxylic acids is 3. The maximum atomic E-state index is 13.8. The van der Waals surface area contributed by atoms with Gasteiger partial charge in [0.05, 0.1) is 20.5 Å². The van der Waals surface area contributed by atoms with Crippen molar-refractivity contribution in [3.8, 4) is 0 Å². The SMILES string of the molecule is O=C(CN1C(=O)[C@@H]2[C@@H](C1=O)C1(Br)c3ccccc3C2(Br)c2ccccc21)OCc1ccccc1. The highest BCUT2D eigenvalue weighted by Crippen LogP contribution is 2.70. The molecule has 0 unspecified atom stereocenters. The van der Waals surface area contributed by atoms with Crippen LogP contribution in [0.25, 0.3) is 0 Å². The minimum Gasteiger partial charge on any atom is -0.459 e. The Morgan fingerprint density at radius 3 is 1.59 bits per heavy atom.